The van der Waals surface area contributed by atoms with Gasteiger partial charge in [-0.3, -0.25) is 0 Å². The first kappa shape index (κ1) is 23.1. The highest BCUT2D eigenvalue weighted by Gasteiger charge is 2.33. The maximum absolute atomic E-state index is 12.8. The smallest absolute Gasteiger partial charge is 0.406 e. The Labute approximate surface area is 188 Å². The Morgan fingerprint density at radius 2 is 1.97 bits per heavy atom. The molecule has 7 nitrogen and oxygen atoms in total. The number of aromatic nitrogens is 2. The zero-order valence-corrected chi connectivity index (χ0v) is 18.7. The predicted octanol–water partition coefficient (Wildman–Crippen LogP) is 4.89. The van der Waals surface area contributed by atoms with Crippen molar-refractivity contribution in [3.05, 3.63) is 42.1 Å². The standard InChI is InChI=1S/C22H21F3N4O3S/c1-13(2)28-33(30,31)20-9-6-14(12-27-20)21-18(11-26)17-8-7-16(32-22(23,24)25)10-19(17)29(21)15-4-3-5-15/h6-10,12-13,15,28H,3-5H2,1-2H3. The maximum Gasteiger partial charge on any atom is 0.573 e. The molecule has 174 valence electrons. The van der Waals surface area contributed by atoms with Crippen molar-refractivity contribution in [1.82, 2.24) is 14.3 Å². The number of rotatable bonds is 6. The number of pyridine rings is 1. The van der Waals surface area contributed by atoms with Gasteiger partial charge in [0.2, 0.25) is 0 Å². The molecule has 4 rings (SSSR count). The van der Waals surface area contributed by atoms with Crippen LogP contribution in [-0.4, -0.2) is 30.4 Å². The van der Waals surface area contributed by atoms with Gasteiger partial charge in [0, 0.05) is 35.3 Å². The van der Waals surface area contributed by atoms with E-state index in [1.165, 1.54) is 30.5 Å². The van der Waals surface area contributed by atoms with Gasteiger partial charge in [-0.25, -0.2) is 18.1 Å². The van der Waals surface area contributed by atoms with Crippen LogP contribution in [-0.2, 0) is 10.0 Å². The largest absolute Gasteiger partial charge is 0.573 e. The van der Waals surface area contributed by atoms with Crippen LogP contribution in [0.5, 0.6) is 5.75 Å². The van der Waals surface area contributed by atoms with Crippen LogP contribution in [0, 0.1) is 11.3 Å². The molecule has 0 saturated heterocycles. The number of ether oxygens (including phenoxy) is 1. The average Bonchev–Trinajstić information content (AvgIpc) is 2.98. The Morgan fingerprint density at radius 1 is 1.24 bits per heavy atom. The molecule has 0 amide bonds. The van der Waals surface area contributed by atoms with E-state index in [-0.39, 0.29) is 28.4 Å². The molecule has 1 aliphatic carbocycles. The van der Waals surface area contributed by atoms with Crippen molar-refractivity contribution in [3.8, 4) is 23.1 Å². The summed E-state index contributed by atoms with van der Waals surface area (Å²) >= 11 is 0. The Hall–Kier alpha value is -3.10. The molecular formula is C22H21F3N4O3S. The average molecular weight is 478 g/mol. The topological polar surface area (TPSA) is 97.0 Å². The third kappa shape index (κ3) is 4.54. The number of hydrogen-bond donors (Lipinski definition) is 1. The highest BCUT2D eigenvalue weighted by molar-refractivity contribution is 7.89. The molecule has 3 aromatic rings. The molecule has 0 unspecified atom stereocenters. The van der Waals surface area contributed by atoms with Crippen molar-refractivity contribution in [2.75, 3.05) is 0 Å². The first-order valence-corrected chi connectivity index (χ1v) is 11.8. The predicted molar refractivity (Wildman–Crippen MR) is 115 cm³/mol. The molecule has 2 heterocycles. The first-order chi connectivity index (χ1) is 15.5. The van der Waals surface area contributed by atoms with E-state index < -0.39 is 16.4 Å². The van der Waals surface area contributed by atoms with Crippen LogP contribution in [0.25, 0.3) is 22.2 Å². The van der Waals surface area contributed by atoms with Gasteiger partial charge in [0.1, 0.15) is 11.8 Å². The van der Waals surface area contributed by atoms with Gasteiger partial charge in [-0.05, 0) is 57.4 Å². The fourth-order valence-electron chi connectivity index (χ4n) is 3.96. The minimum absolute atomic E-state index is 0.00301. The highest BCUT2D eigenvalue weighted by Crippen LogP contribution is 2.43. The number of alkyl halides is 3. The number of fused-ring (bicyclic) bond motifs is 1. The van der Waals surface area contributed by atoms with E-state index >= 15 is 0 Å². The molecule has 1 N–H and O–H groups in total. The summed E-state index contributed by atoms with van der Waals surface area (Å²) in [6, 6.07) is 8.65. The van der Waals surface area contributed by atoms with Crippen molar-refractivity contribution >= 4 is 20.9 Å². The molecule has 1 fully saturated rings. The molecule has 1 aliphatic rings. The quantitative estimate of drug-likeness (QED) is 0.544. The van der Waals surface area contributed by atoms with Crippen molar-refractivity contribution < 1.29 is 26.3 Å². The Kier molecular flexibility index (Phi) is 5.84. The molecule has 0 aliphatic heterocycles. The van der Waals surface area contributed by atoms with Crippen molar-refractivity contribution in [2.24, 2.45) is 0 Å². The van der Waals surface area contributed by atoms with Crippen molar-refractivity contribution in [1.29, 1.82) is 5.26 Å². The fourth-order valence-corrected chi connectivity index (χ4v) is 5.14. The molecule has 1 saturated carbocycles. The van der Waals surface area contributed by atoms with Crippen LogP contribution in [0.1, 0.15) is 44.7 Å². The zero-order valence-electron chi connectivity index (χ0n) is 17.8. The number of nitriles is 1. The lowest BCUT2D eigenvalue weighted by Crippen LogP contribution is -2.30. The van der Waals surface area contributed by atoms with Gasteiger partial charge in [0.05, 0.1) is 16.8 Å². The van der Waals surface area contributed by atoms with Crippen LogP contribution in [0.4, 0.5) is 13.2 Å². The number of benzene rings is 1. The summed E-state index contributed by atoms with van der Waals surface area (Å²) in [4.78, 5) is 4.09. The van der Waals surface area contributed by atoms with E-state index in [0.29, 0.717) is 22.2 Å². The van der Waals surface area contributed by atoms with Crippen LogP contribution in [0.2, 0.25) is 0 Å². The third-order valence-corrected chi connectivity index (χ3v) is 7.01. The van der Waals surface area contributed by atoms with E-state index in [1.54, 1.807) is 19.9 Å². The lowest BCUT2D eigenvalue weighted by molar-refractivity contribution is -0.274. The van der Waals surface area contributed by atoms with Crippen LogP contribution in [0.15, 0.2) is 41.6 Å². The van der Waals surface area contributed by atoms with Gasteiger partial charge < -0.3 is 9.30 Å². The molecule has 1 aromatic carbocycles. The van der Waals surface area contributed by atoms with E-state index in [4.69, 9.17) is 0 Å². The summed E-state index contributed by atoms with van der Waals surface area (Å²) in [5.74, 6) is -0.372. The van der Waals surface area contributed by atoms with Crippen LogP contribution < -0.4 is 9.46 Å². The second-order valence-electron chi connectivity index (χ2n) is 8.18. The van der Waals surface area contributed by atoms with Gasteiger partial charge in [-0.2, -0.15) is 5.26 Å². The van der Waals surface area contributed by atoms with Crippen LogP contribution >= 0.6 is 0 Å². The molecule has 11 heteroatoms. The van der Waals surface area contributed by atoms with E-state index in [2.05, 4.69) is 20.5 Å². The number of nitrogens with zero attached hydrogens (tertiary/aromatic N) is 3. The number of hydrogen-bond acceptors (Lipinski definition) is 5. The Bertz CT molecular complexity index is 1340. The molecule has 0 bridgehead atoms. The highest BCUT2D eigenvalue weighted by atomic mass is 32.2. The van der Waals surface area contributed by atoms with Gasteiger partial charge in [-0.1, -0.05) is 0 Å². The zero-order chi connectivity index (χ0) is 24.0. The fraction of sp³-hybridized carbons (Fsp3) is 0.364. The lowest BCUT2D eigenvalue weighted by Gasteiger charge is -2.30. The molecule has 0 atom stereocenters. The van der Waals surface area contributed by atoms with Gasteiger partial charge in [0.15, 0.2) is 5.03 Å². The number of halogens is 3. The van der Waals surface area contributed by atoms with Crippen molar-refractivity contribution in [3.63, 3.8) is 0 Å². The Morgan fingerprint density at radius 3 is 2.48 bits per heavy atom. The first-order valence-electron chi connectivity index (χ1n) is 10.3. The van der Waals surface area contributed by atoms with E-state index in [9.17, 15) is 26.9 Å². The Balaban J connectivity index is 1.87. The van der Waals surface area contributed by atoms with Crippen LogP contribution in [0.3, 0.4) is 0 Å². The minimum Gasteiger partial charge on any atom is -0.406 e. The number of sulfonamides is 1. The molecule has 33 heavy (non-hydrogen) atoms. The van der Waals surface area contributed by atoms with Gasteiger partial charge >= 0.3 is 6.36 Å². The summed E-state index contributed by atoms with van der Waals surface area (Å²) in [5.41, 5.74) is 1.73. The summed E-state index contributed by atoms with van der Waals surface area (Å²) in [7, 11) is -3.80. The maximum atomic E-state index is 12.8. The monoisotopic (exact) mass is 478 g/mol. The summed E-state index contributed by atoms with van der Waals surface area (Å²) < 4.78 is 71.5. The normalized spacial score (nSPS) is 14.9. The molecule has 2 aromatic heterocycles. The third-order valence-electron chi connectivity index (χ3n) is 5.44. The second kappa shape index (κ2) is 8.35. The van der Waals surface area contributed by atoms with Gasteiger partial charge in [0.25, 0.3) is 10.0 Å². The van der Waals surface area contributed by atoms with Gasteiger partial charge in [-0.15, -0.1) is 13.2 Å². The van der Waals surface area contributed by atoms with E-state index in [1.807, 2.05) is 4.57 Å². The van der Waals surface area contributed by atoms with Crippen molar-refractivity contribution in [2.45, 2.75) is 56.6 Å². The molecule has 0 radical (unpaired) electrons. The lowest BCUT2D eigenvalue weighted by atomic mass is 9.92. The SMILES string of the molecule is CC(C)NS(=O)(=O)c1ccc(-c2c(C#N)c3ccc(OC(F)(F)F)cc3n2C2CCC2)cn1. The number of nitrogens with one attached hydrogen (secondary N) is 1. The van der Waals surface area contributed by atoms with E-state index in [0.717, 1.165) is 19.3 Å². The minimum atomic E-state index is -4.84. The summed E-state index contributed by atoms with van der Waals surface area (Å²) in [6.07, 6.45) is -0.890. The summed E-state index contributed by atoms with van der Waals surface area (Å²) in [6.45, 7) is 3.39. The molecular weight excluding hydrogens is 457 g/mol. The summed E-state index contributed by atoms with van der Waals surface area (Å²) in [5, 5.41) is 10.2. The molecule has 0 spiro atoms. The second-order valence-corrected chi connectivity index (χ2v) is 9.84.